The lowest BCUT2D eigenvalue weighted by Crippen LogP contribution is -2.08. The molecule has 0 fully saturated rings. The first-order chi connectivity index (χ1) is 15.6. The van der Waals surface area contributed by atoms with Crippen LogP contribution >= 0.6 is 0 Å². The third-order valence-electron chi connectivity index (χ3n) is 4.69. The van der Waals surface area contributed by atoms with E-state index < -0.39 is 5.97 Å². The molecule has 3 aromatic carbocycles. The number of ether oxygens (including phenoxy) is 3. The lowest BCUT2D eigenvalue weighted by molar-refractivity contribution is -0.133. The maximum atomic E-state index is 12.6. The molecule has 0 aromatic heterocycles. The van der Waals surface area contributed by atoms with Crippen molar-refractivity contribution in [1.82, 2.24) is 0 Å². The third-order valence-corrected chi connectivity index (χ3v) is 4.69. The summed E-state index contributed by atoms with van der Waals surface area (Å²) in [6, 6.07) is 24.0. The standard InChI is InChI=1S/C27H24O5/c1-30-19-25(27(29)31-2)24-14-7-6-11-22(24)18-32-23-13-8-12-21(17-23)26(28)16-15-20-9-4-3-5-10-20/h3-17,19H,18H2,1-2H3/b16-15+,25-19+. The topological polar surface area (TPSA) is 61.8 Å². The Kier molecular flexibility index (Phi) is 7.98. The summed E-state index contributed by atoms with van der Waals surface area (Å²) < 4.78 is 15.8. The highest BCUT2D eigenvalue weighted by atomic mass is 16.5. The summed E-state index contributed by atoms with van der Waals surface area (Å²) in [6.45, 7) is 0.200. The summed E-state index contributed by atoms with van der Waals surface area (Å²) in [5.74, 6) is -0.0677. The van der Waals surface area contributed by atoms with Crippen molar-refractivity contribution in [3.63, 3.8) is 0 Å². The summed E-state index contributed by atoms with van der Waals surface area (Å²) in [6.07, 6.45) is 4.67. The molecule has 0 radical (unpaired) electrons. The predicted octanol–water partition coefficient (Wildman–Crippen LogP) is 5.32. The fourth-order valence-corrected chi connectivity index (χ4v) is 3.09. The van der Waals surface area contributed by atoms with Crippen LogP contribution in [-0.4, -0.2) is 26.0 Å². The van der Waals surface area contributed by atoms with Crippen LogP contribution in [0.25, 0.3) is 11.6 Å². The molecule has 0 atom stereocenters. The van der Waals surface area contributed by atoms with E-state index in [2.05, 4.69) is 0 Å². The van der Waals surface area contributed by atoms with Gasteiger partial charge >= 0.3 is 5.97 Å². The fourth-order valence-electron chi connectivity index (χ4n) is 3.09. The summed E-state index contributed by atoms with van der Waals surface area (Å²) in [5, 5.41) is 0. The maximum absolute atomic E-state index is 12.6. The van der Waals surface area contributed by atoms with Gasteiger partial charge in [-0.25, -0.2) is 4.79 Å². The van der Waals surface area contributed by atoms with E-state index in [0.29, 0.717) is 22.4 Å². The van der Waals surface area contributed by atoms with Crippen LogP contribution in [0.2, 0.25) is 0 Å². The number of allylic oxidation sites excluding steroid dienone is 1. The lowest BCUT2D eigenvalue weighted by atomic mass is 10.0. The molecule has 3 aromatic rings. The molecule has 5 heteroatoms. The van der Waals surface area contributed by atoms with Gasteiger partial charge in [-0.15, -0.1) is 0 Å². The van der Waals surface area contributed by atoms with Gasteiger partial charge in [-0.1, -0.05) is 72.8 Å². The lowest BCUT2D eigenvalue weighted by Gasteiger charge is -2.13. The first-order valence-electron chi connectivity index (χ1n) is 10.0. The minimum atomic E-state index is -0.503. The van der Waals surface area contributed by atoms with Crippen molar-refractivity contribution in [3.05, 3.63) is 113 Å². The van der Waals surface area contributed by atoms with Gasteiger partial charge in [-0.2, -0.15) is 0 Å². The van der Waals surface area contributed by atoms with Crippen LogP contribution in [0.4, 0.5) is 0 Å². The van der Waals surface area contributed by atoms with E-state index in [-0.39, 0.29) is 12.4 Å². The van der Waals surface area contributed by atoms with Crippen molar-refractivity contribution in [3.8, 4) is 5.75 Å². The zero-order valence-electron chi connectivity index (χ0n) is 18.0. The van der Waals surface area contributed by atoms with Crippen molar-refractivity contribution in [2.45, 2.75) is 6.61 Å². The molecule has 0 amide bonds. The third kappa shape index (κ3) is 5.95. The summed E-state index contributed by atoms with van der Waals surface area (Å²) in [4.78, 5) is 24.7. The van der Waals surface area contributed by atoms with Gasteiger partial charge < -0.3 is 14.2 Å². The van der Waals surface area contributed by atoms with Crippen LogP contribution in [0.3, 0.4) is 0 Å². The predicted molar refractivity (Wildman–Crippen MR) is 124 cm³/mol. The Morgan fingerprint density at radius 1 is 0.875 bits per heavy atom. The first kappa shape index (κ1) is 22.6. The van der Waals surface area contributed by atoms with Crippen LogP contribution < -0.4 is 4.74 Å². The smallest absolute Gasteiger partial charge is 0.341 e. The maximum Gasteiger partial charge on any atom is 0.341 e. The van der Waals surface area contributed by atoms with Crippen LogP contribution in [0.1, 0.15) is 27.0 Å². The monoisotopic (exact) mass is 428 g/mol. The number of methoxy groups -OCH3 is 2. The Bertz CT molecular complexity index is 1130. The van der Waals surface area contributed by atoms with Gasteiger partial charge in [-0.05, 0) is 34.9 Å². The van der Waals surface area contributed by atoms with Crippen LogP contribution in [0.5, 0.6) is 5.75 Å². The SMILES string of the molecule is CO/C=C(/C(=O)OC)c1ccccc1COc1cccc(C(=O)/C=C/c2ccccc2)c1. The summed E-state index contributed by atoms with van der Waals surface area (Å²) in [5.41, 5.74) is 3.21. The molecule has 0 saturated heterocycles. The zero-order chi connectivity index (χ0) is 22.8. The summed E-state index contributed by atoms with van der Waals surface area (Å²) in [7, 11) is 2.79. The number of esters is 1. The van der Waals surface area contributed by atoms with Gasteiger partial charge in [0, 0.05) is 5.56 Å². The molecule has 0 aliphatic rings. The highest BCUT2D eigenvalue weighted by Gasteiger charge is 2.17. The second kappa shape index (κ2) is 11.3. The summed E-state index contributed by atoms with van der Waals surface area (Å²) >= 11 is 0. The molecular weight excluding hydrogens is 404 g/mol. The van der Waals surface area contributed by atoms with Gasteiger partial charge in [0.15, 0.2) is 5.78 Å². The van der Waals surface area contributed by atoms with Crippen molar-refractivity contribution in [2.75, 3.05) is 14.2 Å². The zero-order valence-corrected chi connectivity index (χ0v) is 18.0. The molecule has 0 heterocycles. The highest BCUT2D eigenvalue weighted by molar-refractivity contribution is 6.16. The van der Waals surface area contributed by atoms with E-state index >= 15 is 0 Å². The molecule has 0 saturated carbocycles. The Labute approximate surface area is 187 Å². The minimum Gasteiger partial charge on any atom is -0.503 e. The van der Waals surface area contributed by atoms with Crippen molar-refractivity contribution >= 4 is 23.4 Å². The van der Waals surface area contributed by atoms with E-state index in [1.807, 2.05) is 48.5 Å². The molecule has 32 heavy (non-hydrogen) atoms. The molecule has 0 unspecified atom stereocenters. The molecule has 0 aliphatic heterocycles. The number of hydrogen-bond acceptors (Lipinski definition) is 5. The van der Waals surface area contributed by atoms with E-state index in [1.54, 1.807) is 42.5 Å². The molecule has 0 bridgehead atoms. The highest BCUT2D eigenvalue weighted by Crippen LogP contribution is 2.23. The van der Waals surface area contributed by atoms with E-state index in [9.17, 15) is 9.59 Å². The number of hydrogen-bond donors (Lipinski definition) is 0. The average molecular weight is 428 g/mol. The van der Waals surface area contributed by atoms with Gasteiger partial charge in [0.2, 0.25) is 0 Å². The Morgan fingerprint density at radius 2 is 1.62 bits per heavy atom. The largest absolute Gasteiger partial charge is 0.503 e. The van der Waals surface area contributed by atoms with Crippen LogP contribution in [-0.2, 0) is 20.9 Å². The molecule has 3 rings (SSSR count). The molecule has 162 valence electrons. The van der Waals surface area contributed by atoms with Gasteiger partial charge in [0.1, 0.15) is 17.9 Å². The molecule has 0 aliphatic carbocycles. The Morgan fingerprint density at radius 3 is 2.38 bits per heavy atom. The molecular formula is C27H24O5. The normalized spacial score (nSPS) is 11.2. The van der Waals surface area contributed by atoms with Gasteiger partial charge in [0.05, 0.1) is 20.5 Å². The van der Waals surface area contributed by atoms with E-state index in [1.165, 1.54) is 20.5 Å². The van der Waals surface area contributed by atoms with Crippen molar-refractivity contribution in [1.29, 1.82) is 0 Å². The molecule has 0 N–H and O–H groups in total. The van der Waals surface area contributed by atoms with Crippen molar-refractivity contribution in [2.24, 2.45) is 0 Å². The van der Waals surface area contributed by atoms with Crippen molar-refractivity contribution < 1.29 is 23.8 Å². The second-order valence-electron chi connectivity index (χ2n) is 6.84. The fraction of sp³-hybridized carbons (Fsp3) is 0.111. The number of rotatable bonds is 9. The van der Waals surface area contributed by atoms with Gasteiger partial charge in [0.25, 0.3) is 0 Å². The molecule has 0 spiro atoms. The first-order valence-corrected chi connectivity index (χ1v) is 10.0. The Hall–Kier alpha value is -4.12. The van der Waals surface area contributed by atoms with E-state index in [0.717, 1.165) is 11.1 Å². The average Bonchev–Trinajstić information content (AvgIpc) is 2.85. The number of carbonyl (C=O) groups is 2. The minimum absolute atomic E-state index is 0.115. The van der Waals surface area contributed by atoms with E-state index in [4.69, 9.17) is 14.2 Å². The number of benzene rings is 3. The number of carbonyl (C=O) groups excluding carboxylic acids is 2. The van der Waals surface area contributed by atoms with Gasteiger partial charge in [-0.3, -0.25) is 4.79 Å². The quantitative estimate of drug-likeness (QED) is 0.200. The second-order valence-corrected chi connectivity index (χ2v) is 6.84. The molecule has 5 nitrogen and oxygen atoms in total. The Balaban J connectivity index is 1.75. The number of ketones is 1. The van der Waals surface area contributed by atoms with Crippen LogP contribution in [0.15, 0.2) is 91.2 Å². The van der Waals surface area contributed by atoms with Crippen LogP contribution in [0, 0.1) is 0 Å².